The van der Waals surface area contributed by atoms with Crippen LogP contribution >= 0.6 is 0 Å². The maximum Gasteiger partial charge on any atom is 0.275 e. The van der Waals surface area contributed by atoms with E-state index in [9.17, 15) is 9.90 Å². The molecule has 5 nitrogen and oxygen atoms in total. The van der Waals surface area contributed by atoms with Crippen molar-refractivity contribution in [3.63, 3.8) is 0 Å². The number of aliphatic hydroxyl groups excluding tert-OH is 1. The number of nitrogens with one attached hydrogen (secondary N) is 1. The van der Waals surface area contributed by atoms with Crippen LogP contribution in [-0.2, 0) is 0 Å². The molecule has 1 fully saturated rings. The van der Waals surface area contributed by atoms with Crippen molar-refractivity contribution in [2.45, 2.75) is 18.9 Å². The van der Waals surface area contributed by atoms with Gasteiger partial charge in [0.15, 0.2) is 5.69 Å². The predicted molar refractivity (Wildman–Crippen MR) is 67.2 cm³/mol. The van der Waals surface area contributed by atoms with Gasteiger partial charge in [0.05, 0.1) is 18.2 Å². The number of benzene rings is 1. The van der Waals surface area contributed by atoms with Gasteiger partial charge in [0, 0.05) is 11.9 Å². The second-order valence-electron chi connectivity index (χ2n) is 4.59. The molecule has 1 aliphatic rings. The molecule has 1 unspecified atom stereocenters. The van der Waals surface area contributed by atoms with E-state index in [-0.39, 0.29) is 18.6 Å². The normalized spacial score (nSPS) is 19.6. The van der Waals surface area contributed by atoms with Crippen LogP contribution in [0.25, 0.3) is 10.9 Å². The molecule has 1 aromatic carbocycles. The standard InChI is InChI=1S/C13H15N3O2/c17-8-9-4-3-7-16(9)13(18)12-10-5-1-2-6-11(10)14-15-12/h1-2,5-6,9,17H,3-4,7-8H2,(H,14,15). The molecule has 2 heterocycles. The molecule has 18 heavy (non-hydrogen) atoms. The van der Waals surface area contributed by atoms with Gasteiger partial charge in [-0.15, -0.1) is 0 Å². The smallest absolute Gasteiger partial charge is 0.275 e. The number of fused-ring (bicyclic) bond motifs is 1. The molecule has 1 aliphatic heterocycles. The van der Waals surface area contributed by atoms with E-state index in [1.807, 2.05) is 24.3 Å². The summed E-state index contributed by atoms with van der Waals surface area (Å²) in [6.07, 6.45) is 1.81. The quantitative estimate of drug-likeness (QED) is 0.834. The Morgan fingerprint density at radius 3 is 3.17 bits per heavy atom. The third kappa shape index (κ3) is 1.67. The number of aromatic nitrogens is 2. The second-order valence-corrected chi connectivity index (χ2v) is 4.59. The SMILES string of the molecule is O=C(c1n[nH]c2ccccc12)N1CCCC1CO. The zero-order valence-corrected chi connectivity index (χ0v) is 9.97. The molecular formula is C13H15N3O2. The summed E-state index contributed by atoms with van der Waals surface area (Å²) in [6.45, 7) is 0.722. The molecule has 0 saturated carbocycles. The van der Waals surface area contributed by atoms with Crippen LogP contribution in [0.5, 0.6) is 0 Å². The lowest BCUT2D eigenvalue weighted by Gasteiger charge is -2.21. The van der Waals surface area contributed by atoms with Gasteiger partial charge in [0.1, 0.15) is 0 Å². The van der Waals surface area contributed by atoms with E-state index < -0.39 is 0 Å². The van der Waals surface area contributed by atoms with E-state index in [1.54, 1.807) is 4.90 Å². The van der Waals surface area contributed by atoms with Crippen LogP contribution in [0, 0.1) is 0 Å². The topological polar surface area (TPSA) is 69.2 Å². The lowest BCUT2D eigenvalue weighted by atomic mass is 10.2. The van der Waals surface area contributed by atoms with Crippen molar-refractivity contribution in [2.75, 3.05) is 13.2 Å². The van der Waals surface area contributed by atoms with Crippen LogP contribution in [0.3, 0.4) is 0 Å². The van der Waals surface area contributed by atoms with Crippen molar-refractivity contribution in [1.82, 2.24) is 15.1 Å². The van der Waals surface area contributed by atoms with E-state index in [0.717, 1.165) is 23.7 Å². The monoisotopic (exact) mass is 245 g/mol. The average Bonchev–Trinajstić information content (AvgIpc) is 3.04. The van der Waals surface area contributed by atoms with Gasteiger partial charge in [0.2, 0.25) is 0 Å². The fraction of sp³-hybridized carbons (Fsp3) is 0.385. The molecule has 1 amide bonds. The zero-order valence-electron chi connectivity index (χ0n) is 9.97. The maximum absolute atomic E-state index is 12.4. The van der Waals surface area contributed by atoms with Gasteiger partial charge in [-0.05, 0) is 18.9 Å². The van der Waals surface area contributed by atoms with Gasteiger partial charge in [-0.25, -0.2) is 0 Å². The summed E-state index contributed by atoms with van der Waals surface area (Å²) in [6, 6.07) is 7.51. The molecule has 0 spiro atoms. The van der Waals surface area contributed by atoms with Gasteiger partial charge in [-0.1, -0.05) is 18.2 Å². The van der Waals surface area contributed by atoms with E-state index >= 15 is 0 Å². The summed E-state index contributed by atoms with van der Waals surface area (Å²) in [7, 11) is 0. The van der Waals surface area contributed by atoms with Crippen LogP contribution in [0.4, 0.5) is 0 Å². The van der Waals surface area contributed by atoms with Gasteiger partial charge >= 0.3 is 0 Å². The summed E-state index contributed by atoms with van der Waals surface area (Å²) in [5.74, 6) is -0.0935. The van der Waals surface area contributed by atoms with E-state index in [2.05, 4.69) is 10.2 Å². The largest absolute Gasteiger partial charge is 0.394 e. The molecule has 1 saturated heterocycles. The number of amides is 1. The van der Waals surface area contributed by atoms with Crippen molar-refractivity contribution < 1.29 is 9.90 Å². The van der Waals surface area contributed by atoms with Crippen molar-refractivity contribution in [1.29, 1.82) is 0 Å². The first-order chi connectivity index (χ1) is 8.81. The van der Waals surface area contributed by atoms with E-state index in [1.165, 1.54) is 0 Å². The number of nitrogens with zero attached hydrogens (tertiary/aromatic N) is 2. The molecule has 0 aliphatic carbocycles. The summed E-state index contributed by atoms with van der Waals surface area (Å²) in [5, 5.41) is 17.1. The average molecular weight is 245 g/mol. The Hall–Kier alpha value is -1.88. The minimum atomic E-state index is -0.0935. The molecule has 2 N–H and O–H groups in total. The highest BCUT2D eigenvalue weighted by atomic mass is 16.3. The summed E-state index contributed by atoms with van der Waals surface area (Å²) in [5.41, 5.74) is 1.31. The van der Waals surface area contributed by atoms with Crippen LogP contribution in [0.2, 0.25) is 0 Å². The minimum Gasteiger partial charge on any atom is -0.394 e. The molecular weight excluding hydrogens is 230 g/mol. The number of hydrogen-bond acceptors (Lipinski definition) is 3. The number of H-pyrrole nitrogens is 1. The Labute approximate surface area is 104 Å². The number of aliphatic hydroxyl groups is 1. The molecule has 0 bridgehead atoms. The summed E-state index contributed by atoms with van der Waals surface area (Å²) < 4.78 is 0. The number of carbonyl (C=O) groups is 1. The van der Waals surface area contributed by atoms with Crippen molar-refractivity contribution in [3.05, 3.63) is 30.0 Å². The first-order valence-electron chi connectivity index (χ1n) is 6.16. The Bertz CT molecular complexity index is 578. The summed E-state index contributed by atoms with van der Waals surface area (Å²) >= 11 is 0. The number of para-hydroxylation sites is 1. The second kappa shape index (κ2) is 4.42. The van der Waals surface area contributed by atoms with Crippen LogP contribution in [0.15, 0.2) is 24.3 Å². The predicted octanol–water partition coefficient (Wildman–Crippen LogP) is 1.16. The Balaban J connectivity index is 1.97. The highest BCUT2D eigenvalue weighted by Gasteiger charge is 2.30. The van der Waals surface area contributed by atoms with Crippen LogP contribution < -0.4 is 0 Å². The van der Waals surface area contributed by atoms with Gasteiger partial charge < -0.3 is 10.0 Å². The lowest BCUT2D eigenvalue weighted by molar-refractivity contribution is 0.0673. The fourth-order valence-corrected chi connectivity index (χ4v) is 2.56. The third-order valence-electron chi connectivity index (χ3n) is 3.52. The van der Waals surface area contributed by atoms with Crippen molar-refractivity contribution in [2.24, 2.45) is 0 Å². The van der Waals surface area contributed by atoms with Gasteiger partial charge in [0.25, 0.3) is 5.91 Å². The number of hydrogen-bond donors (Lipinski definition) is 2. The van der Waals surface area contributed by atoms with Crippen molar-refractivity contribution >= 4 is 16.8 Å². The molecule has 1 aromatic heterocycles. The molecule has 5 heteroatoms. The number of rotatable bonds is 2. The zero-order chi connectivity index (χ0) is 12.5. The fourth-order valence-electron chi connectivity index (χ4n) is 2.56. The van der Waals surface area contributed by atoms with E-state index in [0.29, 0.717) is 12.2 Å². The first-order valence-corrected chi connectivity index (χ1v) is 6.16. The highest BCUT2D eigenvalue weighted by molar-refractivity contribution is 6.04. The Morgan fingerprint density at radius 2 is 2.33 bits per heavy atom. The molecule has 2 aromatic rings. The molecule has 3 rings (SSSR count). The Morgan fingerprint density at radius 1 is 1.50 bits per heavy atom. The number of aromatic amines is 1. The molecule has 0 radical (unpaired) electrons. The lowest BCUT2D eigenvalue weighted by Crippen LogP contribution is -2.37. The number of carbonyl (C=O) groups excluding carboxylic acids is 1. The Kier molecular flexibility index (Phi) is 2.76. The highest BCUT2D eigenvalue weighted by Crippen LogP contribution is 2.22. The van der Waals surface area contributed by atoms with Gasteiger partial charge in [-0.2, -0.15) is 5.10 Å². The summed E-state index contributed by atoms with van der Waals surface area (Å²) in [4.78, 5) is 14.1. The van der Waals surface area contributed by atoms with Gasteiger partial charge in [-0.3, -0.25) is 9.89 Å². The molecule has 94 valence electrons. The van der Waals surface area contributed by atoms with Crippen molar-refractivity contribution in [3.8, 4) is 0 Å². The minimum absolute atomic E-state index is 0.0219. The van der Waals surface area contributed by atoms with Crippen LogP contribution in [0.1, 0.15) is 23.3 Å². The van der Waals surface area contributed by atoms with E-state index in [4.69, 9.17) is 0 Å². The van der Waals surface area contributed by atoms with Crippen LogP contribution in [-0.4, -0.2) is 45.3 Å². The first kappa shape index (κ1) is 11.2. The molecule has 1 atom stereocenters. The maximum atomic E-state index is 12.4. The number of likely N-dealkylation sites (tertiary alicyclic amines) is 1. The third-order valence-corrected chi connectivity index (χ3v) is 3.52.